The van der Waals surface area contributed by atoms with Crippen molar-refractivity contribution in [1.29, 1.82) is 0 Å². The molecule has 5 heteroatoms. The fraction of sp³-hybridized carbons (Fsp3) is 0.125. The summed E-state index contributed by atoms with van der Waals surface area (Å²) in [6.45, 7) is 1.93. The zero-order valence-electron chi connectivity index (χ0n) is 11.3. The van der Waals surface area contributed by atoms with Crippen molar-refractivity contribution in [3.8, 4) is 0 Å². The number of aromatic nitrogens is 1. The number of nitrogens with one attached hydrogen (secondary N) is 2. The van der Waals surface area contributed by atoms with Crippen LogP contribution in [0.5, 0.6) is 0 Å². The maximum absolute atomic E-state index is 13.6. The Bertz CT molecular complexity index is 798. The van der Waals surface area contributed by atoms with Crippen molar-refractivity contribution in [1.82, 2.24) is 4.98 Å². The predicted octanol–water partition coefficient (Wildman–Crippen LogP) is 5.79. The van der Waals surface area contributed by atoms with Crippen molar-refractivity contribution in [2.45, 2.75) is 13.0 Å². The molecule has 1 heterocycles. The SMILES string of the molecule is CC(Nc1ccc2[nH]ccc2c1)c1cc(F)c(Cl)cc1Cl. The fourth-order valence-corrected chi connectivity index (χ4v) is 2.89. The molecule has 3 rings (SSSR count). The molecule has 0 aliphatic rings. The summed E-state index contributed by atoms with van der Waals surface area (Å²) in [4.78, 5) is 3.14. The van der Waals surface area contributed by atoms with Gasteiger partial charge in [0.05, 0.1) is 11.1 Å². The molecule has 0 amide bonds. The molecular formula is C16H13Cl2FN2. The van der Waals surface area contributed by atoms with Gasteiger partial charge >= 0.3 is 0 Å². The van der Waals surface area contributed by atoms with Crippen LogP contribution in [0.2, 0.25) is 10.0 Å². The van der Waals surface area contributed by atoms with Crippen molar-refractivity contribution < 1.29 is 4.39 Å². The van der Waals surface area contributed by atoms with Crippen LogP contribution in [-0.2, 0) is 0 Å². The number of H-pyrrole nitrogens is 1. The number of benzene rings is 2. The second kappa shape index (κ2) is 5.58. The van der Waals surface area contributed by atoms with Gasteiger partial charge in [-0.25, -0.2) is 4.39 Å². The quantitative estimate of drug-likeness (QED) is 0.587. The molecule has 1 unspecified atom stereocenters. The fourth-order valence-electron chi connectivity index (χ4n) is 2.34. The van der Waals surface area contributed by atoms with E-state index >= 15 is 0 Å². The number of aromatic amines is 1. The normalized spacial score (nSPS) is 12.6. The highest BCUT2D eigenvalue weighted by Crippen LogP contribution is 2.31. The Balaban J connectivity index is 1.88. The molecule has 0 aliphatic carbocycles. The molecule has 1 aromatic heterocycles. The zero-order valence-corrected chi connectivity index (χ0v) is 12.8. The first-order valence-corrected chi connectivity index (χ1v) is 7.28. The summed E-state index contributed by atoms with van der Waals surface area (Å²) in [5, 5.41) is 4.91. The number of hydrogen-bond acceptors (Lipinski definition) is 1. The maximum atomic E-state index is 13.6. The average Bonchev–Trinajstić information content (AvgIpc) is 2.90. The second-order valence-corrected chi connectivity index (χ2v) is 5.75. The van der Waals surface area contributed by atoms with E-state index in [1.807, 2.05) is 37.4 Å². The summed E-state index contributed by atoms with van der Waals surface area (Å²) in [6, 6.07) is 10.7. The van der Waals surface area contributed by atoms with Gasteiger partial charge in [-0.2, -0.15) is 0 Å². The minimum atomic E-state index is -0.467. The lowest BCUT2D eigenvalue weighted by Crippen LogP contribution is -2.07. The Kier molecular flexibility index (Phi) is 3.79. The van der Waals surface area contributed by atoms with Gasteiger partial charge in [0.1, 0.15) is 5.82 Å². The van der Waals surface area contributed by atoms with E-state index in [1.54, 1.807) is 0 Å². The van der Waals surface area contributed by atoms with E-state index in [0.717, 1.165) is 16.6 Å². The van der Waals surface area contributed by atoms with E-state index in [4.69, 9.17) is 23.2 Å². The monoisotopic (exact) mass is 322 g/mol. The van der Waals surface area contributed by atoms with Gasteiger partial charge in [0.25, 0.3) is 0 Å². The van der Waals surface area contributed by atoms with Gasteiger partial charge < -0.3 is 10.3 Å². The minimum Gasteiger partial charge on any atom is -0.378 e. The smallest absolute Gasteiger partial charge is 0.142 e. The molecule has 0 spiro atoms. The summed E-state index contributed by atoms with van der Waals surface area (Å²) >= 11 is 11.9. The molecule has 0 saturated carbocycles. The van der Waals surface area contributed by atoms with E-state index in [-0.39, 0.29) is 11.1 Å². The van der Waals surface area contributed by atoms with Crippen LogP contribution in [0.1, 0.15) is 18.5 Å². The number of fused-ring (bicyclic) bond motifs is 1. The summed E-state index contributed by atoms with van der Waals surface area (Å²) in [7, 11) is 0. The Hall–Kier alpha value is -1.71. The first-order chi connectivity index (χ1) is 10.0. The Morgan fingerprint density at radius 3 is 2.71 bits per heavy atom. The molecule has 2 nitrogen and oxygen atoms in total. The highest BCUT2D eigenvalue weighted by Gasteiger charge is 2.13. The van der Waals surface area contributed by atoms with Crippen LogP contribution < -0.4 is 5.32 Å². The van der Waals surface area contributed by atoms with Crippen molar-refractivity contribution in [2.24, 2.45) is 0 Å². The van der Waals surface area contributed by atoms with Crippen LogP contribution in [0.3, 0.4) is 0 Å². The third-order valence-electron chi connectivity index (χ3n) is 3.44. The molecule has 108 valence electrons. The Morgan fingerprint density at radius 2 is 1.90 bits per heavy atom. The molecule has 2 N–H and O–H groups in total. The van der Waals surface area contributed by atoms with Crippen LogP contribution >= 0.6 is 23.2 Å². The van der Waals surface area contributed by atoms with Gasteiger partial charge in [-0.3, -0.25) is 0 Å². The zero-order chi connectivity index (χ0) is 15.0. The van der Waals surface area contributed by atoms with Crippen LogP contribution in [0.4, 0.5) is 10.1 Å². The first kappa shape index (κ1) is 14.2. The molecule has 0 aliphatic heterocycles. The topological polar surface area (TPSA) is 27.8 Å². The Morgan fingerprint density at radius 1 is 1.10 bits per heavy atom. The standard InChI is InChI=1S/C16H13Cl2FN2/c1-9(12-7-15(19)14(18)8-13(12)17)21-11-2-3-16-10(6-11)4-5-20-16/h2-9,20-21H,1H3. The van der Waals surface area contributed by atoms with Crippen LogP contribution in [0.25, 0.3) is 10.9 Å². The van der Waals surface area contributed by atoms with Crippen LogP contribution in [-0.4, -0.2) is 4.98 Å². The molecule has 2 aromatic carbocycles. The van der Waals surface area contributed by atoms with Gasteiger partial charge in [0.2, 0.25) is 0 Å². The molecular weight excluding hydrogens is 310 g/mol. The van der Waals surface area contributed by atoms with Crippen LogP contribution in [0, 0.1) is 5.82 Å². The van der Waals surface area contributed by atoms with Gasteiger partial charge in [-0.1, -0.05) is 23.2 Å². The van der Waals surface area contributed by atoms with Crippen molar-refractivity contribution in [3.63, 3.8) is 0 Å². The lowest BCUT2D eigenvalue weighted by molar-refractivity contribution is 0.624. The maximum Gasteiger partial charge on any atom is 0.142 e. The predicted molar refractivity (Wildman–Crippen MR) is 86.8 cm³/mol. The van der Waals surface area contributed by atoms with Crippen molar-refractivity contribution in [3.05, 3.63) is 64.0 Å². The third-order valence-corrected chi connectivity index (χ3v) is 4.06. The second-order valence-electron chi connectivity index (χ2n) is 4.93. The van der Waals surface area contributed by atoms with Gasteiger partial charge in [-0.15, -0.1) is 0 Å². The van der Waals surface area contributed by atoms with Gasteiger partial charge in [0, 0.05) is 27.8 Å². The molecule has 3 aromatic rings. The number of halogens is 3. The van der Waals surface area contributed by atoms with E-state index in [0.29, 0.717) is 10.6 Å². The highest BCUT2D eigenvalue weighted by atomic mass is 35.5. The van der Waals surface area contributed by atoms with Crippen LogP contribution in [0.15, 0.2) is 42.6 Å². The third kappa shape index (κ3) is 2.85. The number of anilines is 1. The number of hydrogen-bond donors (Lipinski definition) is 2. The van der Waals surface area contributed by atoms with E-state index < -0.39 is 5.82 Å². The highest BCUT2D eigenvalue weighted by molar-refractivity contribution is 6.35. The molecule has 0 radical (unpaired) electrons. The first-order valence-electron chi connectivity index (χ1n) is 6.53. The molecule has 1 atom stereocenters. The molecule has 0 bridgehead atoms. The van der Waals surface area contributed by atoms with Gasteiger partial charge in [0.15, 0.2) is 0 Å². The summed E-state index contributed by atoms with van der Waals surface area (Å²) in [5.74, 6) is -0.467. The summed E-state index contributed by atoms with van der Waals surface area (Å²) in [5.41, 5.74) is 2.69. The average molecular weight is 323 g/mol. The van der Waals surface area contributed by atoms with Gasteiger partial charge in [-0.05, 0) is 48.9 Å². The Labute approximate surface area is 131 Å². The lowest BCUT2D eigenvalue weighted by Gasteiger charge is -2.17. The largest absolute Gasteiger partial charge is 0.378 e. The molecule has 0 saturated heterocycles. The molecule has 21 heavy (non-hydrogen) atoms. The molecule has 0 fully saturated rings. The number of rotatable bonds is 3. The lowest BCUT2D eigenvalue weighted by atomic mass is 10.1. The minimum absolute atomic E-state index is 0.0321. The van der Waals surface area contributed by atoms with Crippen molar-refractivity contribution >= 4 is 39.8 Å². The van der Waals surface area contributed by atoms with E-state index in [1.165, 1.54) is 12.1 Å². The summed E-state index contributed by atoms with van der Waals surface area (Å²) < 4.78 is 13.6. The van der Waals surface area contributed by atoms with Crippen molar-refractivity contribution in [2.75, 3.05) is 5.32 Å². The van der Waals surface area contributed by atoms with E-state index in [9.17, 15) is 4.39 Å². The summed E-state index contributed by atoms with van der Waals surface area (Å²) in [6.07, 6.45) is 1.89. The van der Waals surface area contributed by atoms with E-state index in [2.05, 4.69) is 10.3 Å².